The predicted molar refractivity (Wildman–Crippen MR) is 93.7 cm³/mol. The average molecular weight is 345 g/mol. The van der Waals surface area contributed by atoms with Crippen LogP contribution in [0.25, 0.3) is 0 Å². The van der Waals surface area contributed by atoms with Gasteiger partial charge in [-0.05, 0) is 35.8 Å². The first-order valence-corrected chi connectivity index (χ1v) is 9.37. The van der Waals surface area contributed by atoms with Crippen molar-refractivity contribution in [1.29, 1.82) is 0 Å². The number of amides is 1. The second-order valence-electron chi connectivity index (χ2n) is 6.10. The van der Waals surface area contributed by atoms with Crippen molar-refractivity contribution in [3.05, 3.63) is 35.9 Å². The summed E-state index contributed by atoms with van der Waals surface area (Å²) in [5.41, 5.74) is 1.14. The molecule has 0 N–H and O–H groups in total. The average Bonchev–Trinajstić information content (AvgIpc) is 2.87. The van der Waals surface area contributed by atoms with Crippen LogP contribution in [0, 0.1) is 0 Å². The molecule has 3 rings (SSSR count). The molecule has 1 aliphatic rings. The minimum absolute atomic E-state index is 0.177. The van der Waals surface area contributed by atoms with Crippen LogP contribution in [-0.4, -0.2) is 49.4 Å². The number of aromatic nitrogens is 4. The third-order valence-corrected chi connectivity index (χ3v) is 5.28. The fourth-order valence-corrected chi connectivity index (χ4v) is 3.77. The number of benzene rings is 1. The van der Waals surface area contributed by atoms with Crippen molar-refractivity contribution in [2.24, 2.45) is 0 Å². The molecular formula is C17H23N5OS. The minimum atomic E-state index is -0.177. The lowest BCUT2D eigenvalue weighted by Crippen LogP contribution is -2.37. The molecule has 0 aliphatic carbocycles. The zero-order chi connectivity index (χ0) is 16.8. The van der Waals surface area contributed by atoms with E-state index in [0.29, 0.717) is 11.7 Å². The first-order valence-electron chi connectivity index (χ1n) is 8.49. The Bertz CT molecular complexity index is 652. The highest BCUT2D eigenvalue weighted by Crippen LogP contribution is 2.23. The van der Waals surface area contributed by atoms with Gasteiger partial charge >= 0.3 is 0 Å². The van der Waals surface area contributed by atoms with Crippen LogP contribution in [0.5, 0.6) is 0 Å². The predicted octanol–water partition coefficient (Wildman–Crippen LogP) is 2.60. The molecule has 1 unspecified atom stereocenters. The van der Waals surface area contributed by atoms with Gasteiger partial charge in [0.05, 0.1) is 11.8 Å². The number of hydrogen-bond donors (Lipinski definition) is 0. The molecule has 0 saturated carbocycles. The van der Waals surface area contributed by atoms with Crippen LogP contribution in [0.15, 0.2) is 35.5 Å². The largest absolute Gasteiger partial charge is 0.342 e. The maximum Gasteiger partial charge on any atom is 0.235 e. The summed E-state index contributed by atoms with van der Waals surface area (Å²) in [7, 11) is 0. The molecule has 1 fully saturated rings. The summed E-state index contributed by atoms with van der Waals surface area (Å²) in [6.45, 7) is 4.30. The summed E-state index contributed by atoms with van der Waals surface area (Å²) in [6, 6.07) is 10.1. The summed E-state index contributed by atoms with van der Waals surface area (Å²) >= 11 is 1.44. The van der Waals surface area contributed by atoms with Crippen molar-refractivity contribution in [2.75, 3.05) is 13.1 Å². The van der Waals surface area contributed by atoms with Crippen molar-refractivity contribution in [3.63, 3.8) is 0 Å². The molecule has 0 bridgehead atoms. The van der Waals surface area contributed by atoms with E-state index in [1.165, 1.54) is 24.6 Å². The van der Waals surface area contributed by atoms with E-state index in [1.807, 2.05) is 42.2 Å². The van der Waals surface area contributed by atoms with Crippen LogP contribution in [0.4, 0.5) is 0 Å². The van der Waals surface area contributed by atoms with Crippen LogP contribution in [0.2, 0.25) is 0 Å². The summed E-state index contributed by atoms with van der Waals surface area (Å²) in [4.78, 5) is 14.7. The molecule has 0 radical (unpaired) electrons. The van der Waals surface area contributed by atoms with Gasteiger partial charge in [0.1, 0.15) is 0 Å². The Morgan fingerprint density at radius 1 is 1.17 bits per heavy atom. The Kier molecular flexibility index (Phi) is 5.85. The molecule has 0 spiro atoms. The van der Waals surface area contributed by atoms with Gasteiger partial charge in [-0.15, -0.1) is 5.10 Å². The van der Waals surface area contributed by atoms with Crippen LogP contribution in [-0.2, 0) is 11.3 Å². The number of rotatable bonds is 5. The van der Waals surface area contributed by atoms with Gasteiger partial charge < -0.3 is 4.90 Å². The molecule has 2 aromatic rings. The number of likely N-dealkylation sites (tertiary alicyclic amines) is 1. The van der Waals surface area contributed by atoms with E-state index in [4.69, 9.17) is 0 Å². The normalized spacial score (nSPS) is 16.6. The highest BCUT2D eigenvalue weighted by atomic mass is 32.2. The highest BCUT2D eigenvalue weighted by Gasteiger charge is 2.24. The van der Waals surface area contributed by atoms with Gasteiger partial charge in [-0.1, -0.05) is 54.9 Å². The maximum absolute atomic E-state index is 12.7. The number of tetrazole rings is 1. The fraction of sp³-hybridized carbons (Fsp3) is 0.529. The lowest BCUT2D eigenvalue weighted by atomic mass is 10.2. The molecule has 7 heteroatoms. The third-order valence-electron chi connectivity index (χ3n) is 4.22. The van der Waals surface area contributed by atoms with Crippen LogP contribution in [0.1, 0.15) is 38.2 Å². The number of hydrogen-bond acceptors (Lipinski definition) is 5. The van der Waals surface area contributed by atoms with E-state index in [0.717, 1.165) is 31.5 Å². The lowest BCUT2D eigenvalue weighted by Gasteiger charge is -2.23. The van der Waals surface area contributed by atoms with E-state index in [9.17, 15) is 4.79 Å². The molecule has 1 amide bonds. The zero-order valence-electron chi connectivity index (χ0n) is 14.0. The van der Waals surface area contributed by atoms with Gasteiger partial charge in [-0.25, -0.2) is 4.68 Å². The van der Waals surface area contributed by atoms with Gasteiger partial charge in [-0.3, -0.25) is 4.79 Å². The minimum Gasteiger partial charge on any atom is -0.342 e. The van der Waals surface area contributed by atoms with Gasteiger partial charge in [0.25, 0.3) is 0 Å². The SMILES string of the molecule is CC(Sc1nnnn1Cc1ccccc1)C(=O)N1CCCCCC1. The third kappa shape index (κ3) is 4.35. The Morgan fingerprint density at radius 2 is 1.88 bits per heavy atom. The van der Waals surface area contributed by atoms with Crippen LogP contribution < -0.4 is 0 Å². The number of carbonyl (C=O) groups excluding carboxylic acids is 1. The molecule has 1 aromatic heterocycles. The van der Waals surface area contributed by atoms with Gasteiger partial charge in [0.15, 0.2) is 0 Å². The molecular weight excluding hydrogens is 322 g/mol. The lowest BCUT2D eigenvalue weighted by molar-refractivity contribution is -0.130. The topological polar surface area (TPSA) is 63.9 Å². The summed E-state index contributed by atoms with van der Waals surface area (Å²) in [5, 5.41) is 12.4. The molecule has 6 nitrogen and oxygen atoms in total. The Morgan fingerprint density at radius 3 is 2.58 bits per heavy atom. The Balaban J connectivity index is 1.63. The van der Waals surface area contributed by atoms with E-state index in [-0.39, 0.29) is 11.2 Å². The number of thioether (sulfide) groups is 1. The summed E-state index contributed by atoms with van der Waals surface area (Å²) in [5.74, 6) is 0.191. The van der Waals surface area contributed by atoms with Crippen molar-refractivity contribution >= 4 is 17.7 Å². The van der Waals surface area contributed by atoms with Crippen molar-refractivity contribution in [1.82, 2.24) is 25.1 Å². The second kappa shape index (κ2) is 8.28. The van der Waals surface area contributed by atoms with E-state index in [1.54, 1.807) is 4.68 Å². The molecule has 128 valence electrons. The van der Waals surface area contributed by atoms with Crippen molar-refractivity contribution in [3.8, 4) is 0 Å². The molecule has 1 aromatic carbocycles. The summed E-state index contributed by atoms with van der Waals surface area (Å²) in [6.07, 6.45) is 4.66. The quantitative estimate of drug-likeness (QED) is 0.780. The standard InChI is InChI=1S/C17H23N5OS/c1-14(16(23)21-11-7-2-3-8-12-21)24-17-18-19-20-22(17)13-15-9-5-4-6-10-15/h4-6,9-10,14H,2-3,7-8,11-13H2,1H3. The van der Waals surface area contributed by atoms with E-state index in [2.05, 4.69) is 15.5 Å². The zero-order valence-corrected chi connectivity index (χ0v) is 14.8. The first-order chi connectivity index (χ1) is 11.7. The summed E-state index contributed by atoms with van der Waals surface area (Å²) < 4.78 is 1.76. The van der Waals surface area contributed by atoms with Crippen molar-refractivity contribution in [2.45, 2.75) is 49.6 Å². The van der Waals surface area contributed by atoms with Gasteiger partial charge in [-0.2, -0.15) is 0 Å². The van der Waals surface area contributed by atoms with E-state index < -0.39 is 0 Å². The molecule has 1 atom stereocenters. The highest BCUT2D eigenvalue weighted by molar-refractivity contribution is 8.00. The van der Waals surface area contributed by atoms with Crippen LogP contribution >= 0.6 is 11.8 Å². The Labute approximate surface area is 146 Å². The first kappa shape index (κ1) is 17.0. The number of carbonyl (C=O) groups is 1. The molecule has 24 heavy (non-hydrogen) atoms. The smallest absolute Gasteiger partial charge is 0.235 e. The monoisotopic (exact) mass is 345 g/mol. The van der Waals surface area contributed by atoms with E-state index >= 15 is 0 Å². The van der Waals surface area contributed by atoms with Crippen molar-refractivity contribution < 1.29 is 4.79 Å². The van der Waals surface area contributed by atoms with Gasteiger partial charge in [0, 0.05) is 13.1 Å². The van der Waals surface area contributed by atoms with Gasteiger partial charge in [0.2, 0.25) is 11.1 Å². The maximum atomic E-state index is 12.7. The second-order valence-corrected chi connectivity index (χ2v) is 7.41. The molecule has 1 aliphatic heterocycles. The molecule has 2 heterocycles. The number of nitrogens with zero attached hydrogens (tertiary/aromatic N) is 5. The Hall–Kier alpha value is -1.89. The molecule has 1 saturated heterocycles. The van der Waals surface area contributed by atoms with Crippen LogP contribution in [0.3, 0.4) is 0 Å². The fourth-order valence-electron chi connectivity index (χ4n) is 2.89.